The summed E-state index contributed by atoms with van der Waals surface area (Å²) in [4.78, 5) is 0. The summed E-state index contributed by atoms with van der Waals surface area (Å²) in [7, 11) is 1.68. The molecule has 0 aromatic carbocycles. The number of hydrogen-bond donors (Lipinski definition) is 2. The van der Waals surface area contributed by atoms with Gasteiger partial charge in [-0.3, -0.25) is 0 Å². The van der Waals surface area contributed by atoms with Crippen LogP contribution >= 0.6 is 0 Å². The van der Waals surface area contributed by atoms with Crippen LogP contribution in [0.2, 0.25) is 0 Å². The predicted molar refractivity (Wildman–Crippen MR) is 65.2 cm³/mol. The van der Waals surface area contributed by atoms with E-state index < -0.39 is 6.10 Å². The Hall–Kier alpha value is -0.200. The number of methoxy groups -OCH3 is 1. The molecule has 1 fully saturated rings. The topological polar surface area (TPSA) is 60.0 Å². The first kappa shape index (κ1) is 14.9. The van der Waals surface area contributed by atoms with Crippen LogP contribution in [-0.2, 0) is 14.2 Å². The van der Waals surface area contributed by atoms with Crippen LogP contribution < -0.4 is 5.32 Å². The lowest BCUT2D eigenvalue weighted by atomic mass is 10.4. The molecular weight excluding hydrogens is 222 g/mol. The molecule has 0 aromatic rings. The van der Waals surface area contributed by atoms with Crippen molar-refractivity contribution in [3.63, 3.8) is 0 Å². The van der Waals surface area contributed by atoms with Gasteiger partial charge < -0.3 is 24.6 Å². The molecule has 0 radical (unpaired) electrons. The van der Waals surface area contributed by atoms with Gasteiger partial charge in [-0.1, -0.05) is 0 Å². The molecule has 0 aromatic heterocycles. The Bertz CT molecular complexity index is 176. The Morgan fingerprint density at radius 1 is 1.18 bits per heavy atom. The summed E-state index contributed by atoms with van der Waals surface area (Å²) in [5, 5.41) is 12.8. The van der Waals surface area contributed by atoms with Crippen molar-refractivity contribution in [3.05, 3.63) is 0 Å². The van der Waals surface area contributed by atoms with Gasteiger partial charge in [-0.2, -0.15) is 0 Å². The number of rotatable bonds is 12. The van der Waals surface area contributed by atoms with Crippen LogP contribution in [0.1, 0.15) is 19.3 Å². The Kier molecular flexibility index (Phi) is 8.56. The van der Waals surface area contributed by atoms with Crippen LogP contribution in [0.4, 0.5) is 0 Å². The highest BCUT2D eigenvalue weighted by Crippen LogP contribution is 2.18. The summed E-state index contributed by atoms with van der Waals surface area (Å²) < 4.78 is 15.5. The third-order valence-electron chi connectivity index (χ3n) is 2.54. The molecule has 1 aliphatic rings. The predicted octanol–water partition coefficient (Wildman–Crippen LogP) is 0.169. The lowest BCUT2D eigenvalue weighted by molar-refractivity contribution is 0.00156. The van der Waals surface area contributed by atoms with Crippen LogP contribution in [0, 0.1) is 0 Å². The number of aliphatic hydroxyl groups is 1. The summed E-state index contributed by atoms with van der Waals surface area (Å²) >= 11 is 0. The van der Waals surface area contributed by atoms with Gasteiger partial charge >= 0.3 is 0 Å². The number of aliphatic hydroxyl groups excluding tert-OH is 1. The minimum atomic E-state index is -0.413. The lowest BCUT2D eigenvalue weighted by Crippen LogP contribution is -2.32. The van der Waals surface area contributed by atoms with Gasteiger partial charge in [0.05, 0.1) is 25.9 Å². The molecule has 1 unspecified atom stereocenters. The maximum absolute atomic E-state index is 9.55. The second-order valence-electron chi connectivity index (χ2n) is 4.37. The molecule has 0 amide bonds. The molecule has 0 bridgehead atoms. The monoisotopic (exact) mass is 247 g/mol. The zero-order chi connectivity index (χ0) is 12.3. The fourth-order valence-corrected chi connectivity index (χ4v) is 1.39. The Balaban J connectivity index is 1.73. The maximum atomic E-state index is 9.55. The molecule has 102 valence electrons. The molecule has 1 saturated carbocycles. The first-order valence-electron chi connectivity index (χ1n) is 6.39. The van der Waals surface area contributed by atoms with Crippen molar-refractivity contribution in [3.8, 4) is 0 Å². The van der Waals surface area contributed by atoms with E-state index in [0.717, 1.165) is 13.0 Å². The van der Waals surface area contributed by atoms with Gasteiger partial charge in [0.25, 0.3) is 0 Å². The van der Waals surface area contributed by atoms with Crippen molar-refractivity contribution in [1.29, 1.82) is 0 Å². The van der Waals surface area contributed by atoms with Crippen molar-refractivity contribution in [2.45, 2.75) is 31.4 Å². The third kappa shape index (κ3) is 9.50. The number of ether oxygens (including phenoxy) is 3. The Labute approximate surface area is 103 Å². The molecule has 1 atom stereocenters. The van der Waals surface area contributed by atoms with E-state index in [2.05, 4.69) is 5.32 Å². The van der Waals surface area contributed by atoms with Crippen molar-refractivity contribution < 1.29 is 19.3 Å². The van der Waals surface area contributed by atoms with Crippen LogP contribution in [0.15, 0.2) is 0 Å². The molecule has 17 heavy (non-hydrogen) atoms. The quantitative estimate of drug-likeness (QED) is 0.481. The zero-order valence-electron chi connectivity index (χ0n) is 10.7. The van der Waals surface area contributed by atoms with Gasteiger partial charge in [0.15, 0.2) is 0 Å². The van der Waals surface area contributed by atoms with E-state index in [4.69, 9.17) is 14.2 Å². The highest BCUT2D eigenvalue weighted by molar-refractivity contribution is 4.81. The highest BCUT2D eigenvalue weighted by atomic mass is 16.5. The van der Waals surface area contributed by atoms with Crippen molar-refractivity contribution >= 4 is 0 Å². The summed E-state index contributed by atoms with van der Waals surface area (Å²) in [6, 6.07) is 0.633. The molecule has 0 spiro atoms. The molecule has 0 heterocycles. The van der Waals surface area contributed by atoms with Gasteiger partial charge in [0, 0.05) is 32.9 Å². The van der Waals surface area contributed by atoms with E-state index in [1.165, 1.54) is 12.8 Å². The Morgan fingerprint density at radius 3 is 2.65 bits per heavy atom. The first-order chi connectivity index (χ1) is 8.33. The molecule has 1 rings (SSSR count). The third-order valence-corrected chi connectivity index (χ3v) is 2.54. The molecule has 5 heteroatoms. The van der Waals surface area contributed by atoms with Crippen molar-refractivity contribution in [1.82, 2.24) is 5.32 Å². The van der Waals surface area contributed by atoms with E-state index >= 15 is 0 Å². The standard InChI is InChI=1S/C12H25NO4/c1-15-5-2-6-16-7-8-17-10-12(14)9-13-11-3-4-11/h11-14H,2-10H2,1H3. The van der Waals surface area contributed by atoms with Gasteiger partial charge in [0.2, 0.25) is 0 Å². The van der Waals surface area contributed by atoms with Crippen molar-refractivity contribution in [2.24, 2.45) is 0 Å². The Morgan fingerprint density at radius 2 is 1.94 bits per heavy atom. The van der Waals surface area contributed by atoms with E-state index in [1.54, 1.807) is 7.11 Å². The number of nitrogens with one attached hydrogen (secondary N) is 1. The van der Waals surface area contributed by atoms with E-state index in [-0.39, 0.29) is 0 Å². The second-order valence-corrected chi connectivity index (χ2v) is 4.37. The van der Waals surface area contributed by atoms with Gasteiger partial charge in [-0.05, 0) is 19.3 Å². The molecule has 0 saturated heterocycles. The van der Waals surface area contributed by atoms with Gasteiger partial charge in [-0.15, -0.1) is 0 Å². The highest BCUT2D eigenvalue weighted by Gasteiger charge is 2.21. The SMILES string of the molecule is COCCCOCCOCC(O)CNC1CC1. The fraction of sp³-hybridized carbons (Fsp3) is 1.00. The zero-order valence-corrected chi connectivity index (χ0v) is 10.7. The average Bonchev–Trinajstić information content (AvgIpc) is 3.14. The lowest BCUT2D eigenvalue weighted by Gasteiger charge is -2.12. The summed E-state index contributed by atoms with van der Waals surface area (Å²) in [6.45, 7) is 3.54. The molecule has 1 aliphatic carbocycles. The van der Waals surface area contributed by atoms with Gasteiger partial charge in [0.1, 0.15) is 0 Å². The minimum Gasteiger partial charge on any atom is -0.389 e. The molecule has 0 aliphatic heterocycles. The maximum Gasteiger partial charge on any atom is 0.0897 e. The van der Waals surface area contributed by atoms with Crippen LogP contribution in [0.3, 0.4) is 0 Å². The summed E-state index contributed by atoms with van der Waals surface area (Å²) in [5.74, 6) is 0. The van der Waals surface area contributed by atoms with E-state index in [9.17, 15) is 5.11 Å². The second kappa shape index (κ2) is 9.79. The van der Waals surface area contributed by atoms with Crippen LogP contribution in [0.25, 0.3) is 0 Å². The van der Waals surface area contributed by atoms with Crippen LogP contribution in [-0.4, -0.2) is 63.9 Å². The van der Waals surface area contributed by atoms with Crippen LogP contribution in [0.5, 0.6) is 0 Å². The normalized spacial score (nSPS) is 17.3. The first-order valence-corrected chi connectivity index (χ1v) is 6.39. The fourth-order valence-electron chi connectivity index (χ4n) is 1.39. The smallest absolute Gasteiger partial charge is 0.0897 e. The largest absolute Gasteiger partial charge is 0.389 e. The van der Waals surface area contributed by atoms with Crippen molar-refractivity contribution in [2.75, 3.05) is 46.7 Å². The molecule has 5 nitrogen and oxygen atoms in total. The number of hydrogen-bond acceptors (Lipinski definition) is 5. The average molecular weight is 247 g/mol. The summed E-state index contributed by atoms with van der Waals surface area (Å²) in [5.41, 5.74) is 0. The molecule has 2 N–H and O–H groups in total. The minimum absolute atomic E-state index is 0.376. The van der Waals surface area contributed by atoms with E-state index in [0.29, 0.717) is 39.0 Å². The van der Waals surface area contributed by atoms with E-state index in [1.807, 2.05) is 0 Å². The van der Waals surface area contributed by atoms with Gasteiger partial charge in [-0.25, -0.2) is 0 Å². The summed E-state index contributed by atoms with van der Waals surface area (Å²) in [6.07, 6.45) is 2.97. The molecular formula is C12H25NO4.